The maximum atomic E-state index is 12.0. The van der Waals surface area contributed by atoms with Gasteiger partial charge in [-0.15, -0.1) is 21.5 Å². The van der Waals surface area contributed by atoms with Gasteiger partial charge in [0.1, 0.15) is 16.3 Å². The summed E-state index contributed by atoms with van der Waals surface area (Å²) in [6, 6.07) is 9.54. The van der Waals surface area contributed by atoms with Gasteiger partial charge in [-0.05, 0) is 29.1 Å². The fourth-order valence-corrected chi connectivity index (χ4v) is 3.78. The Morgan fingerprint density at radius 3 is 2.88 bits per heavy atom. The van der Waals surface area contributed by atoms with Gasteiger partial charge in [-0.25, -0.2) is 4.98 Å². The second kappa shape index (κ2) is 7.30. The molecule has 1 aromatic carbocycles. The summed E-state index contributed by atoms with van der Waals surface area (Å²) in [7, 11) is 1.63. The average molecular weight is 386 g/mol. The number of aromatic amines is 1. The molecule has 0 aliphatic rings. The number of thiophene rings is 1. The zero-order chi connectivity index (χ0) is 17.9. The number of hydrogen-bond donors (Lipinski definition) is 1. The molecule has 0 spiro atoms. The van der Waals surface area contributed by atoms with E-state index in [4.69, 9.17) is 9.15 Å². The Kier molecular flexibility index (Phi) is 4.72. The molecule has 4 rings (SSSR count). The SMILES string of the molecule is COc1ccc(Cc2nnc(SCc3nc4ccsc4c(=O)[nH]3)o2)cc1. The number of H-pyrrole nitrogens is 1. The molecule has 4 aromatic rings. The molecule has 0 aliphatic carbocycles. The van der Waals surface area contributed by atoms with Gasteiger partial charge in [-0.2, -0.15) is 0 Å². The molecule has 0 unspecified atom stereocenters. The first-order valence-electron chi connectivity index (χ1n) is 7.76. The van der Waals surface area contributed by atoms with Crippen molar-refractivity contribution < 1.29 is 9.15 Å². The van der Waals surface area contributed by atoms with Crippen molar-refractivity contribution in [3.63, 3.8) is 0 Å². The summed E-state index contributed by atoms with van der Waals surface area (Å²) in [5, 5.41) is 10.4. The van der Waals surface area contributed by atoms with Gasteiger partial charge in [0.05, 0.1) is 24.8 Å². The van der Waals surface area contributed by atoms with E-state index >= 15 is 0 Å². The summed E-state index contributed by atoms with van der Waals surface area (Å²) in [5.41, 5.74) is 1.64. The van der Waals surface area contributed by atoms with Crippen molar-refractivity contribution in [3.05, 3.63) is 63.3 Å². The zero-order valence-corrected chi connectivity index (χ0v) is 15.4. The summed E-state index contributed by atoms with van der Waals surface area (Å²) in [5.74, 6) is 2.37. The van der Waals surface area contributed by atoms with Crippen molar-refractivity contribution in [2.24, 2.45) is 0 Å². The van der Waals surface area contributed by atoms with E-state index in [-0.39, 0.29) is 5.56 Å². The van der Waals surface area contributed by atoms with Crippen molar-refractivity contribution in [2.75, 3.05) is 7.11 Å². The Labute approximate surface area is 156 Å². The van der Waals surface area contributed by atoms with Gasteiger partial charge in [-0.3, -0.25) is 4.79 Å². The predicted octanol–water partition coefficient (Wildman–Crippen LogP) is 3.26. The number of thioether (sulfide) groups is 1. The number of fused-ring (bicyclic) bond motifs is 1. The molecule has 0 saturated heterocycles. The van der Waals surface area contributed by atoms with Crippen LogP contribution in [0, 0.1) is 0 Å². The Bertz CT molecular complexity index is 1090. The Morgan fingerprint density at radius 1 is 1.23 bits per heavy atom. The lowest BCUT2D eigenvalue weighted by molar-refractivity contribution is 0.413. The highest BCUT2D eigenvalue weighted by atomic mass is 32.2. The number of methoxy groups -OCH3 is 1. The van der Waals surface area contributed by atoms with E-state index in [1.54, 1.807) is 7.11 Å². The third-order valence-corrected chi connectivity index (χ3v) is 5.39. The van der Waals surface area contributed by atoms with Gasteiger partial charge < -0.3 is 14.1 Å². The first-order chi connectivity index (χ1) is 12.7. The third kappa shape index (κ3) is 3.63. The molecule has 0 radical (unpaired) electrons. The molecule has 9 heteroatoms. The number of aromatic nitrogens is 4. The minimum absolute atomic E-state index is 0.119. The second-order valence-corrected chi connectivity index (χ2v) is 7.27. The smallest absolute Gasteiger partial charge is 0.277 e. The van der Waals surface area contributed by atoms with E-state index in [1.165, 1.54) is 23.1 Å². The van der Waals surface area contributed by atoms with Crippen LogP contribution >= 0.6 is 23.1 Å². The second-order valence-electron chi connectivity index (χ2n) is 5.42. The molecule has 3 heterocycles. The normalized spacial score (nSPS) is 11.1. The van der Waals surface area contributed by atoms with Gasteiger partial charge >= 0.3 is 0 Å². The predicted molar refractivity (Wildman–Crippen MR) is 99.9 cm³/mol. The first-order valence-corrected chi connectivity index (χ1v) is 9.62. The third-order valence-electron chi connectivity index (χ3n) is 3.66. The quantitative estimate of drug-likeness (QED) is 0.508. The largest absolute Gasteiger partial charge is 0.497 e. The molecular weight excluding hydrogens is 372 g/mol. The van der Waals surface area contributed by atoms with Crippen LogP contribution in [0.2, 0.25) is 0 Å². The summed E-state index contributed by atoms with van der Waals surface area (Å²) in [6.45, 7) is 0. The Hall–Kier alpha value is -2.65. The minimum Gasteiger partial charge on any atom is -0.497 e. The van der Waals surface area contributed by atoms with Crippen LogP contribution in [0.1, 0.15) is 17.3 Å². The number of nitrogens with zero attached hydrogens (tertiary/aromatic N) is 3. The van der Waals surface area contributed by atoms with E-state index < -0.39 is 0 Å². The minimum atomic E-state index is -0.119. The van der Waals surface area contributed by atoms with Crippen molar-refractivity contribution >= 4 is 33.3 Å². The summed E-state index contributed by atoms with van der Waals surface area (Å²) in [6.07, 6.45) is 0.549. The number of rotatable bonds is 6. The fourth-order valence-electron chi connectivity index (χ4n) is 2.41. The summed E-state index contributed by atoms with van der Waals surface area (Å²) in [4.78, 5) is 19.2. The standard InChI is InChI=1S/C17H14N4O3S2/c1-23-11-4-2-10(3-5-11)8-14-20-21-17(24-14)26-9-13-18-12-6-7-25-15(12)16(22)19-13/h2-7H,8-9H2,1H3,(H,18,19,22). The first kappa shape index (κ1) is 16.8. The van der Waals surface area contributed by atoms with Crippen LogP contribution in [0.5, 0.6) is 5.75 Å². The van der Waals surface area contributed by atoms with Crippen molar-refractivity contribution in [2.45, 2.75) is 17.4 Å². The monoisotopic (exact) mass is 386 g/mol. The lowest BCUT2D eigenvalue weighted by Crippen LogP contribution is -2.09. The molecule has 0 bridgehead atoms. The fraction of sp³-hybridized carbons (Fsp3) is 0.176. The average Bonchev–Trinajstić information content (AvgIpc) is 3.30. The van der Waals surface area contributed by atoms with Gasteiger partial charge in [0.15, 0.2) is 0 Å². The molecule has 1 N–H and O–H groups in total. The van der Waals surface area contributed by atoms with Crippen molar-refractivity contribution in [1.29, 1.82) is 0 Å². The van der Waals surface area contributed by atoms with E-state index in [0.717, 1.165) is 11.3 Å². The number of ether oxygens (including phenoxy) is 1. The molecule has 7 nitrogen and oxygen atoms in total. The molecule has 0 atom stereocenters. The Balaban J connectivity index is 1.41. The van der Waals surface area contributed by atoms with Crippen molar-refractivity contribution in [1.82, 2.24) is 20.2 Å². The molecule has 0 amide bonds. The van der Waals surface area contributed by atoms with Crippen LogP contribution in [-0.2, 0) is 12.2 Å². The molecule has 0 saturated carbocycles. The molecular formula is C17H14N4O3S2. The molecule has 0 fully saturated rings. The van der Waals surface area contributed by atoms with E-state index in [1.807, 2.05) is 35.7 Å². The van der Waals surface area contributed by atoms with E-state index in [0.29, 0.717) is 39.3 Å². The number of hydrogen-bond acceptors (Lipinski definition) is 8. The van der Waals surface area contributed by atoms with Crippen LogP contribution in [-0.4, -0.2) is 27.3 Å². The Morgan fingerprint density at radius 2 is 2.08 bits per heavy atom. The number of benzene rings is 1. The van der Waals surface area contributed by atoms with E-state index in [9.17, 15) is 4.79 Å². The molecule has 26 heavy (non-hydrogen) atoms. The highest BCUT2D eigenvalue weighted by Gasteiger charge is 2.10. The lowest BCUT2D eigenvalue weighted by atomic mass is 10.1. The number of nitrogens with one attached hydrogen (secondary N) is 1. The topological polar surface area (TPSA) is 93.9 Å². The maximum Gasteiger partial charge on any atom is 0.277 e. The summed E-state index contributed by atoms with van der Waals surface area (Å²) >= 11 is 2.72. The highest BCUT2D eigenvalue weighted by molar-refractivity contribution is 7.98. The highest BCUT2D eigenvalue weighted by Crippen LogP contribution is 2.22. The summed E-state index contributed by atoms with van der Waals surface area (Å²) < 4.78 is 11.4. The molecule has 132 valence electrons. The zero-order valence-electron chi connectivity index (χ0n) is 13.8. The van der Waals surface area contributed by atoms with Crippen LogP contribution < -0.4 is 10.3 Å². The van der Waals surface area contributed by atoms with Crippen LogP contribution in [0.4, 0.5) is 0 Å². The van der Waals surface area contributed by atoms with Gasteiger partial charge in [0.2, 0.25) is 5.89 Å². The van der Waals surface area contributed by atoms with E-state index in [2.05, 4.69) is 20.2 Å². The lowest BCUT2D eigenvalue weighted by Gasteiger charge is -2.00. The van der Waals surface area contributed by atoms with Crippen LogP contribution in [0.15, 0.2) is 50.1 Å². The van der Waals surface area contributed by atoms with Gasteiger partial charge in [0.25, 0.3) is 10.8 Å². The van der Waals surface area contributed by atoms with Crippen molar-refractivity contribution in [3.8, 4) is 5.75 Å². The van der Waals surface area contributed by atoms with Crippen LogP contribution in [0.3, 0.4) is 0 Å². The van der Waals surface area contributed by atoms with Crippen LogP contribution in [0.25, 0.3) is 10.2 Å². The maximum absolute atomic E-state index is 12.0. The molecule has 3 aromatic heterocycles. The van der Waals surface area contributed by atoms with Gasteiger partial charge in [0, 0.05) is 0 Å². The van der Waals surface area contributed by atoms with Gasteiger partial charge in [-0.1, -0.05) is 23.9 Å². The molecule has 0 aliphatic heterocycles.